The van der Waals surface area contributed by atoms with E-state index in [-0.39, 0.29) is 29.6 Å². The molecule has 0 saturated carbocycles. The van der Waals surface area contributed by atoms with E-state index >= 15 is 0 Å². The topological polar surface area (TPSA) is 65.4 Å². The second-order valence-corrected chi connectivity index (χ2v) is 11.2. The maximum Gasteiger partial charge on any atom is 0.268 e. The summed E-state index contributed by atoms with van der Waals surface area (Å²) in [5, 5.41) is 0.854. The fourth-order valence-electron chi connectivity index (χ4n) is 5.54. The third kappa shape index (κ3) is 3.48. The van der Waals surface area contributed by atoms with Gasteiger partial charge < -0.3 is 4.74 Å². The van der Waals surface area contributed by atoms with Gasteiger partial charge in [-0.3, -0.25) is 4.79 Å². The Bertz CT molecular complexity index is 1580. The molecule has 0 bridgehead atoms. The van der Waals surface area contributed by atoms with Crippen molar-refractivity contribution in [2.45, 2.75) is 42.8 Å². The first kappa shape index (κ1) is 22.0. The third-order valence-corrected chi connectivity index (χ3v) is 8.99. The molecule has 0 unspecified atom stereocenters. The van der Waals surface area contributed by atoms with E-state index < -0.39 is 15.6 Å². The second-order valence-electron chi connectivity index (χ2n) is 9.42. The van der Waals surface area contributed by atoms with Crippen molar-refractivity contribution >= 4 is 26.7 Å². The highest BCUT2D eigenvalue weighted by Crippen LogP contribution is 2.50. The predicted molar refractivity (Wildman–Crippen MR) is 135 cm³/mol. The zero-order valence-electron chi connectivity index (χ0n) is 19.3. The Kier molecular flexibility index (Phi) is 5.06. The van der Waals surface area contributed by atoms with Gasteiger partial charge in [-0.05, 0) is 48.4 Å². The molecule has 0 fully saturated rings. The average Bonchev–Trinajstić information content (AvgIpc) is 3.21. The predicted octanol–water partition coefficient (Wildman–Crippen LogP) is 5.31. The minimum Gasteiger partial charge on any atom is -0.364 e. The number of hydrogen-bond acceptors (Lipinski definition) is 4. The Labute approximate surface area is 204 Å². The second kappa shape index (κ2) is 8.04. The largest absolute Gasteiger partial charge is 0.364 e. The zero-order chi connectivity index (χ0) is 24.2. The SMILES string of the molecule is Cc1ccc(S(=O)(=O)n2c3c(c4ccccc42)[C@H]2CC(=O)C=C[C@@]2(Cc2ccccc2)OC3)cc1. The van der Waals surface area contributed by atoms with Crippen molar-refractivity contribution in [2.24, 2.45) is 0 Å². The van der Waals surface area contributed by atoms with E-state index in [9.17, 15) is 13.2 Å². The molecule has 1 aromatic heterocycles. The number of ketones is 1. The number of allylic oxidation sites excluding steroid dienone is 1. The fourth-order valence-corrected chi connectivity index (χ4v) is 7.09. The maximum atomic E-state index is 13.9. The van der Waals surface area contributed by atoms with Crippen LogP contribution in [0.3, 0.4) is 0 Å². The minimum atomic E-state index is -3.88. The molecule has 6 heteroatoms. The van der Waals surface area contributed by atoms with Crippen LogP contribution in [0.15, 0.2) is 95.9 Å². The average molecular weight is 484 g/mol. The van der Waals surface area contributed by atoms with Crippen molar-refractivity contribution in [3.63, 3.8) is 0 Å². The monoisotopic (exact) mass is 483 g/mol. The standard InChI is InChI=1S/C29H25NO4S/c1-20-11-13-23(14-12-20)35(32,33)30-26-10-6-5-9-24(26)28-25-17-22(31)15-16-29(25,34-19-27(28)30)18-21-7-3-2-4-8-21/h2-16,25H,17-19H2,1H3/t25-,29+/m1/s1. The summed E-state index contributed by atoms with van der Waals surface area (Å²) in [5.74, 6) is -0.267. The highest BCUT2D eigenvalue weighted by atomic mass is 32.2. The van der Waals surface area contributed by atoms with E-state index in [1.54, 1.807) is 30.3 Å². The van der Waals surface area contributed by atoms with E-state index in [1.807, 2.05) is 55.5 Å². The minimum absolute atomic E-state index is 0.0216. The van der Waals surface area contributed by atoms with Crippen LogP contribution in [0.25, 0.3) is 10.9 Å². The molecule has 0 N–H and O–H groups in total. The molecule has 4 aromatic rings. The van der Waals surface area contributed by atoms with Crippen LogP contribution in [0.4, 0.5) is 0 Å². The molecule has 6 rings (SSSR count). The number of fused-ring (bicyclic) bond motifs is 5. The van der Waals surface area contributed by atoms with Crippen molar-refractivity contribution in [2.75, 3.05) is 0 Å². The number of para-hydroxylation sites is 1. The molecule has 176 valence electrons. The molecule has 0 saturated heterocycles. The van der Waals surface area contributed by atoms with Gasteiger partial charge in [0, 0.05) is 24.1 Å². The van der Waals surface area contributed by atoms with Crippen molar-refractivity contribution in [3.8, 4) is 0 Å². The van der Waals surface area contributed by atoms with Gasteiger partial charge >= 0.3 is 0 Å². The Morgan fingerprint density at radius 1 is 0.971 bits per heavy atom. The lowest BCUT2D eigenvalue weighted by Gasteiger charge is -2.44. The van der Waals surface area contributed by atoms with Crippen LogP contribution in [0.2, 0.25) is 0 Å². The lowest BCUT2D eigenvalue weighted by atomic mass is 9.70. The molecule has 1 aliphatic carbocycles. The van der Waals surface area contributed by atoms with Gasteiger partial charge in [-0.15, -0.1) is 0 Å². The van der Waals surface area contributed by atoms with E-state index in [4.69, 9.17) is 4.74 Å². The zero-order valence-corrected chi connectivity index (χ0v) is 20.2. The van der Waals surface area contributed by atoms with Gasteiger partial charge in [-0.25, -0.2) is 12.4 Å². The summed E-state index contributed by atoms with van der Waals surface area (Å²) in [6, 6.07) is 24.5. The molecule has 35 heavy (non-hydrogen) atoms. The number of hydrogen-bond donors (Lipinski definition) is 0. The van der Waals surface area contributed by atoms with Crippen LogP contribution < -0.4 is 0 Å². The lowest BCUT2D eigenvalue weighted by Crippen LogP contribution is -2.46. The van der Waals surface area contributed by atoms with Gasteiger partial charge in [0.05, 0.1) is 28.3 Å². The Hall–Kier alpha value is -3.48. The van der Waals surface area contributed by atoms with E-state index in [0.29, 0.717) is 17.6 Å². The van der Waals surface area contributed by atoms with Gasteiger partial charge in [-0.1, -0.05) is 66.2 Å². The molecule has 2 heterocycles. The quantitative estimate of drug-likeness (QED) is 0.395. The highest BCUT2D eigenvalue weighted by molar-refractivity contribution is 7.90. The molecular weight excluding hydrogens is 458 g/mol. The number of carbonyl (C=O) groups is 1. The third-order valence-electron chi connectivity index (χ3n) is 7.22. The van der Waals surface area contributed by atoms with Crippen molar-refractivity contribution in [1.82, 2.24) is 3.97 Å². The van der Waals surface area contributed by atoms with E-state index in [2.05, 4.69) is 12.1 Å². The molecule has 2 atom stereocenters. The molecule has 0 spiro atoms. The number of benzene rings is 3. The molecule has 0 radical (unpaired) electrons. The number of ether oxygens (including phenoxy) is 1. The first-order valence-electron chi connectivity index (χ1n) is 11.7. The summed E-state index contributed by atoms with van der Waals surface area (Å²) in [6.07, 6.45) is 4.38. The molecule has 2 aliphatic rings. The van der Waals surface area contributed by atoms with Crippen LogP contribution in [0, 0.1) is 6.92 Å². The fraction of sp³-hybridized carbons (Fsp3) is 0.207. The highest BCUT2D eigenvalue weighted by Gasteiger charge is 2.48. The van der Waals surface area contributed by atoms with E-state index in [1.165, 1.54) is 3.97 Å². The van der Waals surface area contributed by atoms with Crippen LogP contribution in [0.1, 0.15) is 34.7 Å². The lowest BCUT2D eigenvalue weighted by molar-refractivity contribution is -0.120. The van der Waals surface area contributed by atoms with Crippen LogP contribution in [-0.2, 0) is 32.6 Å². The summed E-state index contributed by atoms with van der Waals surface area (Å²) in [6.45, 7) is 2.06. The Balaban J connectivity index is 1.58. The maximum absolute atomic E-state index is 13.9. The summed E-state index contributed by atoms with van der Waals surface area (Å²) < 4.78 is 35.8. The molecule has 1 aliphatic heterocycles. The van der Waals surface area contributed by atoms with Gasteiger partial charge in [0.25, 0.3) is 10.0 Å². The van der Waals surface area contributed by atoms with E-state index in [0.717, 1.165) is 22.1 Å². The smallest absolute Gasteiger partial charge is 0.268 e. The van der Waals surface area contributed by atoms with Gasteiger partial charge in [0.1, 0.15) is 0 Å². The van der Waals surface area contributed by atoms with Crippen molar-refractivity contribution in [1.29, 1.82) is 0 Å². The summed E-state index contributed by atoms with van der Waals surface area (Å²) in [5.41, 5.74) is 3.49. The summed E-state index contributed by atoms with van der Waals surface area (Å²) in [4.78, 5) is 12.9. The summed E-state index contributed by atoms with van der Waals surface area (Å²) >= 11 is 0. The molecule has 5 nitrogen and oxygen atoms in total. The van der Waals surface area contributed by atoms with Crippen molar-refractivity contribution < 1.29 is 17.9 Å². The van der Waals surface area contributed by atoms with Crippen LogP contribution >= 0.6 is 0 Å². The molecular formula is C29H25NO4S. The molecule has 0 amide bonds. The Morgan fingerprint density at radius 3 is 2.46 bits per heavy atom. The first-order valence-corrected chi connectivity index (χ1v) is 13.2. The number of carbonyl (C=O) groups excluding carboxylic acids is 1. The summed E-state index contributed by atoms with van der Waals surface area (Å²) in [7, 11) is -3.88. The van der Waals surface area contributed by atoms with Gasteiger partial charge in [0.2, 0.25) is 0 Å². The number of aryl methyl sites for hydroxylation is 1. The number of aromatic nitrogens is 1. The first-order chi connectivity index (χ1) is 16.9. The number of nitrogens with zero attached hydrogens (tertiary/aromatic N) is 1. The van der Waals surface area contributed by atoms with Crippen LogP contribution in [-0.4, -0.2) is 23.8 Å². The molecule has 3 aromatic carbocycles. The van der Waals surface area contributed by atoms with Gasteiger partial charge in [-0.2, -0.15) is 0 Å². The Morgan fingerprint density at radius 2 is 1.69 bits per heavy atom. The van der Waals surface area contributed by atoms with Crippen molar-refractivity contribution in [3.05, 3.63) is 113 Å². The normalized spacial score (nSPS) is 21.6. The van der Waals surface area contributed by atoms with Crippen LogP contribution in [0.5, 0.6) is 0 Å². The van der Waals surface area contributed by atoms with Gasteiger partial charge in [0.15, 0.2) is 5.78 Å². The number of rotatable bonds is 4.